The molecule has 0 heterocycles. The number of halogens is 1. The number of aliphatic carboxylic acids is 1. The summed E-state index contributed by atoms with van der Waals surface area (Å²) in [5.74, 6) is -1.40. The molecule has 1 aromatic rings. The molecule has 0 aliphatic rings. The van der Waals surface area contributed by atoms with Crippen LogP contribution in [0.5, 0.6) is 0 Å². The fourth-order valence-corrected chi connectivity index (χ4v) is 1.46. The van der Waals surface area contributed by atoms with E-state index in [4.69, 9.17) is 16.7 Å². The van der Waals surface area contributed by atoms with Crippen LogP contribution >= 0.6 is 11.6 Å². The molecule has 90 valence electrons. The summed E-state index contributed by atoms with van der Waals surface area (Å²) in [7, 11) is 1.29. The maximum absolute atomic E-state index is 10.9. The smallest absolute Gasteiger partial charge is 0.330 e. The number of esters is 1. The van der Waals surface area contributed by atoms with Crippen LogP contribution in [-0.4, -0.2) is 24.2 Å². The standard InChI is InChI=1S/C12H11ClO4/c1-17-12(16)5-3-8-2-4-9(7-11(14)15)10(13)6-8/h2-6H,7H2,1H3,(H,14,15). The highest BCUT2D eigenvalue weighted by atomic mass is 35.5. The van der Waals surface area contributed by atoms with Gasteiger partial charge in [0, 0.05) is 11.1 Å². The number of hydrogen-bond acceptors (Lipinski definition) is 3. The lowest BCUT2D eigenvalue weighted by atomic mass is 10.1. The van der Waals surface area contributed by atoms with E-state index in [2.05, 4.69) is 4.74 Å². The molecule has 0 atom stereocenters. The Kier molecular flexibility index (Phi) is 4.72. The Hall–Kier alpha value is -1.81. The third-order valence-corrected chi connectivity index (χ3v) is 2.38. The molecular weight excluding hydrogens is 244 g/mol. The molecule has 5 heteroatoms. The number of benzene rings is 1. The van der Waals surface area contributed by atoms with Crippen molar-refractivity contribution >= 4 is 29.6 Å². The Bertz CT molecular complexity index is 466. The SMILES string of the molecule is COC(=O)C=Cc1ccc(CC(=O)O)c(Cl)c1. The predicted molar refractivity (Wildman–Crippen MR) is 63.8 cm³/mol. The van der Waals surface area contributed by atoms with E-state index in [1.807, 2.05) is 0 Å². The van der Waals surface area contributed by atoms with Crippen LogP contribution in [0.3, 0.4) is 0 Å². The fraction of sp³-hybridized carbons (Fsp3) is 0.167. The van der Waals surface area contributed by atoms with Gasteiger partial charge in [0.2, 0.25) is 0 Å². The third kappa shape index (κ3) is 4.28. The summed E-state index contributed by atoms with van der Waals surface area (Å²) in [5, 5.41) is 9.00. The average Bonchev–Trinajstić information content (AvgIpc) is 2.28. The van der Waals surface area contributed by atoms with Crippen molar-refractivity contribution in [2.45, 2.75) is 6.42 Å². The van der Waals surface area contributed by atoms with Crippen LogP contribution in [0.15, 0.2) is 24.3 Å². The van der Waals surface area contributed by atoms with Crippen molar-refractivity contribution in [1.29, 1.82) is 0 Å². The first kappa shape index (κ1) is 13.3. The van der Waals surface area contributed by atoms with Crippen LogP contribution in [0, 0.1) is 0 Å². The van der Waals surface area contributed by atoms with E-state index >= 15 is 0 Å². The molecule has 0 saturated heterocycles. The predicted octanol–water partition coefficient (Wildman–Crippen LogP) is 2.15. The number of ether oxygens (including phenoxy) is 1. The first-order valence-corrected chi connectivity index (χ1v) is 5.17. The van der Waals surface area contributed by atoms with Crippen molar-refractivity contribution in [3.05, 3.63) is 40.4 Å². The van der Waals surface area contributed by atoms with Crippen LogP contribution in [0.25, 0.3) is 6.08 Å². The second kappa shape index (κ2) is 6.06. The summed E-state index contributed by atoms with van der Waals surface area (Å²) in [6, 6.07) is 4.90. The van der Waals surface area contributed by atoms with E-state index < -0.39 is 11.9 Å². The molecule has 0 saturated carbocycles. The molecule has 0 amide bonds. The largest absolute Gasteiger partial charge is 0.481 e. The zero-order valence-electron chi connectivity index (χ0n) is 9.14. The lowest BCUT2D eigenvalue weighted by Gasteiger charge is -2.02. The molecule has 0 bridgehead atoms. The van der Waals surface area contributed by atoms with Crippen molar-refractivity contribution < 1.29 is 19.4 Å². The van der Waals surface area contributed by atoms with Crippen molar-refractivity contribution in [3.63, 3.8) is 0 Å². The normalized spacial score (nSPS) is 10.5. The van der Waals surface area contributed by atoms with Crippen LogP contribution < -0.4 is 0 Å². The number of rotatable bonds is 4. The van der Waals surface area contributed by atoms with Gasteiger partial charge in [-0.25, -0.2) is 4.79 Å². The van der Waals surface area contributed by atoms with Gasteiger partial charge in [-0.2, -0.15) is 0 Å². The van der Waals surface area contributed by atoms with Crippen LogP contribution in [0.2, 0.25) is 5.02 Å². The van der Waals surface area contributed by atoms with E-state index in [0.717, 1.165) is 0 Å². The average molecular weight is 255 g/mol. The number of hydrogen-bond donors (Lipinski definition) is 1. The summed E-state index contributed by atoms with van der Waals surface area (Å²) in [6.07, 6.45) is 2.69. The molecule has 0 aromatic heterocycles. The minimum atomic E-state index is -0.940. The Morgan fingerprint density at radius 3 is 2.71 bits per heavy atom. The van der Waals surface area contributed by atoms with Gasteiger partial charge in [0.15, 0.2) is 0 Å². The van der Waals surface area contributed by atoms with Gasteiger partial charge < -0.3 is 9.84 Å². The van der Waals surface area contributed by atoms with Gasteiger partial charge in [-0.05, 0) is 23.3 Å². The maximum Gasteiger partial charge on any atom is 0.330 e. The van der Waals surface area contributed by atoms with E-state index in [1.165, 1.54) is 13.2 Å². The number of methoxy groups -OCH3 is 1. The molecule has 0 radical (unpaired) electrons. The van der Waals surface area contributed by atoms with Crippen LogP contribution in [0.1, 0.15) is 11.1 Å². The van der Waals surface area contributed by atoms with Crippen molar-refractivity contribution in [1.82, 2.24) is 0 Å². The highest BCUT2D eigenvalue weighted by Gasteiger charge is 2.05. The molecule has 17 heavy (non-hydrogen) atoms. The van der Waals surface area contributed by atoms with E-state index in [9.17, 15) is 9.59 Å². The number of carbonyl (C=O) groups excluding carboxylic acids is 1. The van der Waals surface area contributed by atoms with Crippen LogP contribution in [0.4, 0.5) is 0 Å². The van der Waals surface area contributed by atoms with Gasteiger partial charge in [-0.1, -0.05) is 23.7 Å². The monoisotopic (exact) mass is 254 g/mol. The topological polar surface area (TPSA) is 63.6 Å². The maximum atomic E-state index is 10.9. The van der Waals surface area contributed by atoms with Gasteiger partial charge in [-0.15, -0.1) is 0 Å². The third-order valence-electron chi connectivity index (χ3n) is 2.03. The minimum Gasteiger partial charge on any atom is -0.481 e. The highest BCUT2D eigenvalue weighted by molar-refractivity contribution is 6.31. The van der Waals surface area contributed by atoms with E-state index in [1.54, 1.807) is 24.3 Å². The first-order valence-electron chi connectivity index (χ1n) is 4.79. The van der Waals surface area contributed by atoms with Gasteiger partial charge in [0.05, 0.1) is 13.5 Å². The summed E-state index contributed by atoms with van der Waals surface area (Å²) < 4.78 is 4.44. The zero-order chi connectivity index (χ0) is 12.8. The molecule has 4 nitrogen and oxygen atoms in total. The lowest BCUT2D eigenvalue weighted by molar-refractivity contribution is -0.136. The fourth-order valence-electron chi connectivity index (χ4n) is 1.21. The number of carboxylic acids is 1. The molecule has 0 spiro atoms. The summed E-state index contributed by atoms with van der Waals surface area (Å²) >= 11 is 5.91. The van der Waals surface area contributed by atoms with Crippen molar-refractivity contribution in [2.24, 2.45) is 0 Å². The minimum absolute atomic E-state index is 0.125. The molecule has 0 aliphatic heterocycles. The van der Waals surface area contributed by atoms with Crippen molar-refractivity contribution in [2.75, 3.05) is 7.11 Å². The lowest BCUT2D eigenvalue weighted by Crippen LogP contribution is -2.00. The number of carbonyl (C=O) groups is 2. The second-order valence-corrected chi connectivity index (χ2v) is 3.69. The van der Waals surface area contributed by atoms with Gasteiger partial charge in [0.25, 0.3) is 0 Å². The van der Waals surface area contributed by atoms with Gasteiger partial charge >= 0.3 is 11.9 Å². The molecule has 1 rings (SSSR count). The number of carboxylic acid groups (broad SMARTS) is 1. The quantitative estimate of drug-likeness (QED) is 0.661. The van der Waals surface area contributed by atoms with E-state index in [0.29, 0.717) is 16.1 Å². The van der Waals surface area contributed by atoms with Gasteiger partial charge in [0.1, 0.15) is 0 Å². The zero-order valence-corrected chi connectivity index (χ0v) is 9.90. The second-order valence-electron chi connectivity index (χ2n) is 3.28. The molecule has 0 aliphatic carbocycles. The van der Waals surface area contributed by atoms with E-state index in [-0.39, 0.29) is 6.42 Å². The molecule has 0 fully saturated rings. The van der Waals surface area contributed by atoms with Crippen LogP contribution in [-0.2, 0) is 20.7 Å². The molecular formula is C12H11ClO4. The molecule has 0 unspecified atom stereocenters. The van der Waals surface area contributed by atoms with Gasteiger partial charge in [-0.3, -0.25) is 4.79 Å². The first-order chi connectivity index (χ1) is 8.02. The Balaban J connectivity index is 2.85. The Morgan fingerprint density at radius 1 is 1.47 bits per heavy atom. The Morgan fingerprint density at radius 2 is 2.18 bits per heavy atom. The summed E-state index contributed by atoms with van der Waals surface area (Å²) in [4.78, 5) is 21.4. The van der Waals surface area contributed by atoms with Crippen molar-refractivity contribution in [3.8, 4) is 0 Å². The highest BCUT2D eigenvalue weighted by Crippen LogP contribution is 2.19. The molecule has 1 aromatic carbocycles. The summed E-state index contributed by atoms with van der Waals surface area (Å²) in [6.45, 7) is 0. The Labute approximate surface area is 103 Å². The summed E-state index contributed by atoms with van der Waals surface area (Å²) in [5.41, 5.74) is 1.24. The molecule has 1 N–H and O–H groups in total.